The predicted octanol–water partition coefficient (Wildman–Crippen LogP) is 0.145. The van der Waals surface area contributed by atoms with E-state index in [1.54, 1.807) is 4.52 Å². The van der Waals surface area contributed by atoms with E-state index < -0.39 is 5.60 Å². The highest BCUT2D eigenvalue weighted by molar-refractivity contribution is 5.65. The van der Waals surface area contributed by atoms with E-state index in [2.05, 4.69) is 10.1 Å². The van der Waals surface area contributed by atoms with E-state index in [1.807, 2.05) is 18.2 Å². The molecular formula is C12H15N5O2. The Balaban J connectivity index is 2.23. The second-order valence-corrected chi connectivity index (χ2v) is 4.24. The fourth-order valence-electron chi connectivity index (χ4n) is 1.91. The molecule has 2 aromatic heterocycles. The lowest BCUT2D eigenvalue weighted by atomic mass is 9.99. The molecule has 3 N–H and O–H groups in total. The van der Waals surface area contributed by atoms with Crippen LogP contribution in [0.1, 0.15) is 12.1 Å². The van der Waals surface area contributed by atoms with Crippen molar-refractivity contribution in [3.63, 3.8) is 0 Å². The summed E-state index contributed by atoms with van der Waals surface area (Å²) in [5.41, 5.74) is 6.17. The Hall–Kier alpha value is -2.17. The number of hydrogen-bond donors (Lipinski definition) is 2. The molecule has 0 aromatic carbocycles. The first-order valence-corrected chi connectivity index (χ1v) is 5.80. The molecule has 19 heavy (non-hydrogen) atoms. The smallest absolute Gasteiger partial charge is 0.176 e. The van der Waals surface area contributed by atoms with Gasteiger partial charge < -0.3 is 15.6 Å². The molecule has 0 bridgehead atoms. The van der Waals surface area contributed by atoms with E-state index in [-0.39, 0.29) is 6.61 Å². The molecule has 0 aliphatic heterocycles. The van der Waals surface area contributed by atoms with Crippen LogP contribution in [-0.4, -0.2) is 39.0 Å². The molecule has 0 radical (unpaired) electrons. The minimum Gasteiger partial charge on any atom is -0.392 e. The normalized spacial score (nSPS) is 14.2. The Morgan fingerprint density at radius 1 is 1.58 bits per heavy atom. The summed E-state index contributed by atoms with van der Waals surface area (Å²) >= 11 is 0. The highest BCUT2D eigenvalue weighted by atomic mass is 16.5. The predicted molar refractivity (Wildman–Crippen MR) is 68.2 cm³/mol. The summed E-state index contributed by atoms with van der Waals surface area (Å²) in [4.78, 5) is 3.91. The Morgan fingerprint density at radius 2 is 2.37 bits per heavy atom. The number of rotatable bonds is 5. The Bertz CT molecular complexity index is 612. The Labute approximate surface area is 110 Å². The minimum absolute atomic E-state index is 0.347. The van der Waals surface area contributed by atoms with Gasteiger partial charge in [-0.05, 0) is 25.0 Å². The van der Waals surface area contributed by atoms with Crippen molar-refractivity contribution in [2.24, 2.45) is 0 Å². The van der Waals surface area contributed by atoms with Gasteiger partial charge >= 0.3 is 0 Å². The Morgan fingerprint density at radius 3 is 3.00 bits per heavy atom. The average Bonchev–Trinajstić information content (AvgIpc) is 2.86. The summed E-state index contributed by atoms with van der Waals surface area (Å²) in [6.45, 7) is -0.347. The number of anilines is 1. The van der Waals surface area contributed by atoms with E-state index in [9.17, 15) is 5.11 Å². The third-order valence-electron chi connectivity index (χ3n) is 3.20. The zero-order valence-corrected chi connectivity index (χ0v) is 10.6. The van der Waals surface area contributed by atoms with E-state index in [0.717, 1.165) is 11.2 Å². The summed E-state index contributed by atoms with van der Waals surface area (Å²) in [6.07, 6.45) is 2.28. The molecule has 2 aromatic rings. The van der Waals surface area contributed by atoms with E-state index in [4.69, 9.17) is 15.7 Å². The van der Waals surface area contributed by atoms with Crippen molar-refractivity contribution in [2.45, 2.75) is 18.4 Å². The fourth-order valence-corrected chi connectivity index (χ4v) is 1.91. The molecule has 0 aliphatic carbocycles. The van der Waals surface area contributed by atoms with Crippen molar-refractivity contribution in [3.05, 3.63) is 24.2 Å². The van der Waals surface area contributed by atoms with Gasteiger partial charge in [0.15, 0.2) is 11.4 Å². The van der Waals surface area contributed by atoms with Crippen LogP contribution >= 0.6 is 0 Å². The van der Waals surface area contributed by atoms with Crippen molar-refractivity contribution in [1.82, 2.24) is 14.6 Å². The molecular weight excluding hydrogens is 246 g/mol. The first-order valence-electron chi connectivity index (χ1n) is 5.80. The molecule has 1 unspecified atom stereocenters. The van der Waals surface area contributed by atoms with Gasteiger partial charge in [0.05, 0.1) is 6.61 Å². The number of hydrogen-bond acceptors (Lipinski definition) is 6. The maximum absolute atomic E-state index is 9.26. The average molecular weight is 261 g/mol. The van der Waals surface area contributed by atoms with Crippen molar-refractivity contribution >= 4 is 11.3 Å². The van der Waals surface area contributed by atoms with Gasteiger partial charge in [0, 0.05) is 12.8 Å². The summed E-state index contributed by atoms with van der Waals surface area (Å²) < 4.78 is 6.77. The quantitative estimate of drug-likeness (QED) is 0.792. The lowest BCUT2D eigenvalue weighted by Gasteiger charge is -2.21. The number of aliphatic hydroxyl groups excluding tert-OH is 1. The number of nitrogens with zero attached hydrogens (tertiary/aromatic N) is 4. The van der Waals surface area contributed by atoms with Crippen molar-refractivity contribution in [1.29, 1.82) is 5.26 Å². The molecule has 0 aliphatic rings. The highest BCUT2D eigenvalue weighted by Gasteiger charge is 2.29. The van der Waals surface area contributed by atoms with Crippen LogP contribution in [0.4, 0.5) is 5.82 Å². The summed E-state index contributed by atoms with van der Waals surface area (Å²) in [6, 6.07) is 5.69. The molecule has 100 valence electrons. The molecule has 0 spiro atoms. The molecule has 7 nitrogen and oxygen atoms in total. The van der Waals surface area contributed by atoms with E-state index >= 15 is 0 Å². The molecule has 0 saturated carbocycles. The Kier molecular flexibility index (Phi) is 3.64. The van der Waals surface area contributed by atoms with Gasteiger partial charge in [0.2, 0.25) is 0 Å². The van der Waals surface area contributed by atoms with Crippen LogP contribution in [0.25, 0.3) is 5.52 Å². The number of nitrogens with two attached hydrogens (primary N) is 1. The number of aromatic nitrogens is 3. The molecule has 0 saturated heterocycles. The molecule has 2 rings (SSSR count). The topological polar surface area (TPSA) is 109 Å². The van der Waals surface area contributed by atoms with Crippen LogP contribution in [0.5, 0.6) is 0 Å². The first-order chi connectivity index (χ1) is 9.15. The maximum atomic E-state index is 9.26. The van der Waals surface area contributed by atoms with Crippen LogP contribution in [0.15, 0.2) is 18.5 Å². The number of aryl methyl sites for hydroxylation is 1. The first kappa shape index (κ1) is 13.3. The van der Waals surface area contributed by atoms with Crippen LogP contribution < -0.4 is 5.73 Å². The van der Waals surface area contributed by atoms with Crippen molar-refractivity contribution in [2.75, 3.05) is 19.5 Å². The van der Waals surface area contributed by atoms with Crippen molar-refractivity contribution < 1.29 is 9.84 Å². The van der Waals surface area contributed by atoms with Crippen LogP contribution in [0.3, 0.4) is 0 Å². The zero-order chi connectivity index (χ0) is 13.9. The molecule has 1 atom stereocenters. The fraction of sp³-hybridized carbons (Fsp3) is 0.417. The number of aliphatic hydroxyl groups is 1. The number of nitrogen functional groups attached to an aromatic ring is 1. The van der Waals surface area contributed by atoms with Gasteiger partial charge in [-0.25, -0.2) is 9.50 Å². The second-order valence-electron chi connectivity index (χ2n) is 4.24. The number of nitriles is 1. The molecule has 7 heteroatoms. The van der Waals surface area contributed by atoms with Gasteiger partial charge in [-0.3, -0.25) is 0 Å². The van der Waals surface area contributed by atoms with Gasteiger partial charge in [-0.15, -0.1) is 0 Å². The van der Waals surface area contributed by atoms with Crippen molar-refractivity contribution in [3.8, 4) is 6.07 Å². The van der Waals surface area contributed by atoms with Gasteiger partial charge in [-0.1, -0.05) is 0 Å². The molecule has 0 fully saturated rings. The number of fused-ring (bicyclic) bond motifs is 1. The minimum atomic E-state index is -1.18. The summed E-state index contributed by atoms with van der Waals surface area (Å²) in [5.74, 6) is 0.404. The van der Waals surface area contributed by atoms with Gasteiger partial charge in [0.1, 0.15) is 17.9 Å². The monoisotopic (exact) mass is 261 g/mol. The van der Waals surface area contributed by atoms with Gasteiger partial charge in [-0.2, -0.15) is 10.4 Å². The standard InChI is InChI=1S/C12H15N5O2/c1-19-12(6-13,7-18)5-4-9-2-3-10-11(14)15-8-16-17(9)10/h2-3,8,18H,4-5,7H2,1H3,(H2,14,15,16). The number of methoxy groups -OCH3 is 1. The van der Waals surface area contributed by atoms with E-state index in [0.29, 0.717) is 18.7 Å². The lowest BCUT2D eigenvalue weighted by Crippen LogP contribution is -2.34. The third-order valence-corrected chi connectivity index (χ3v) is 3.20. The maximum Gasteiger partial charge on any atom is 0.176 e. The van der Waals surface area contributed by atoms with Crippen LogP contribution in [0.2, 0.25) is 0 Å². The number of ether oxygens (including phenoxy) is 1. The third kappa shape index (κ3) is 2.36. The van der Waals surface area contributed by atoms with Crippen LogP contribution in [0, 0.1) is 11.3 Å². The summed E-state index contributed by atoms with van der Waals surface area (Å²) in [5, 5.41) is 22.5. The van der Waals surface area contributed by atoms with Crippen LogP contribution in [-0.2, 0) is 11.2 Å². The molecule has 0 amide bonds. The zero-order valence-electron chi connectivity index (χ0n) is 10.6. The SMILES string of the molecule is COC(C#N)(CO)CCc1ccc2c(N)ncnn12. The van der Waals surface area contributed by atoms with E-state index in [1.165, 1.54) is 13.4 Å². The molecule has 2 heterocycles. The largest absolute Gasteiger partial charge is 0.392 e. The summed E-state index contributed by atoms with van der Waals surface area (Å²) in [7, 11) is 1.41. The second kappa shape index (κ2) is 5.22. The highest BCUT2D eigenvalue weighted by Crippen LogP contribution is 2.19. The lowest BCUT2D eigenvalue weighted by molar-refractivity contribution is -0.0138. The van der Waals surface area contributed by atoms with Gasteiger partial charge in [0.25, 0.3) is 0 Å².